The molecule has 0 spiro atoms. The van der Waals surface area contributed by atoms with Gasteiger partial charge in [0.2, 0.25) is 5.91 Å². The monoisotopic (exact) mass is 252 g/mol. The molecule has 2 aliphatic rings. The van der Waals surface area contributed by atoms with Gasteiger partial charge in [-0.25, -0.2) is 0 Å². The summed E-state index contributed by atoms with van der Waals surface area (Å²) in [4.78, 5) is 11.2. The van der Waals surface area contributed by atoms with E-state index in [-0.39, 0.29) is 5.91 Å². The number of carbonyl (C=O) groups is 1. The Hall–Kier alpha value is -0.570. The molecule has 3 atom stereocenters. The molecule has 1 heterocycles. The number of nitrogens with one attached hydrogen (secondary N) is 2. The van der Waals surface area contributed by atoms with Crippen molar-refractivity contribution in [3.05, 3.63) is 0 Å². The predicted molar refractivity (Wildman–Crippen MR) is 74.4 cm³/mol. The van der Waals surface area contributed by atoms with Crippen LogP contribution in [0.15, 0.2) is 0 Å². The molecule has 3 heteroatoms. The molecule has 104 valence electrons. The molecular formula is C15H28N2O. The molecule has 0 aromatic rings. The van der Waals surface area contributed by atoms with Crippen LogP contribution >= 0.6 is 0 Å². The van der Waals surface area contributed by atoms with E-state index in [1.54, 1.807) is 0 Å². The van der Waals surface area contributed by atoms with Crippen LogP contribution in [0.2, 0.25) is 0 Å². The van der Waals surface area contributed by atoms with Gasteiger partial charge in [0.05, 0.1) is 0 Å². The summed E-state index contributed by atoms with van der Waals surface area (Å²) in [5, 5.41) is 6.63. The average Bonchev–Trinajstić information content (AvgIpc) is 2.95. The van der Waals surface area contributed by atoms with Crippen LogP contribution < -0.4 is 10.6 Å². The van der Waals surface area contributed by atoms with Crippen LogP contribution in [-0.2, 0) is 4.79 Å². The molecule has 1 saturated carbocycles. The van der Waals surface area contributed by atoms with Crippen molar-refractivity contribution < 1.29 is 4.79 Å². The molecule has 1 aliphatic heterocycles. The summed E-state index contributed by atoms with van der Waals surface area (Å²) in [5.41, 5.74) is 0. The minimum Gasteiger partial charge on any atom is -0.354 e. The molecule has 0 bridgehead atoms. The molecule has 2 N–H and O–H groups in total. The van der Waals surface area contributed by atoms with Gasteiger partial charge in [0, 0.05) is 25.0 Å². The first-order chi connectivity index (χ1) is 8.79. The van der Waals surface area contributed by atoms with Crippen molar-refractivity contribution in [1.82, 2.24) is 10.6 Å². The first kappa shape index (κ1) is 13.9. The fraction of sp³-hybridized carbons (Fsp3) is 0.933. The van der Waals surface area contributed by atoms with Gasteiger partial charge in [-0.05, 0) is 25.2 Å². The van der Waals surface area contributed by atoms with E-state index in [1.165, 1.54) is 51.4 Å². The van der Waals surface area contributed by atoms with Gasteiger partial charge < -0.3 is 10.6 Å². The van der Waals surface area contributed by atoms with Gasteiger partial charge in [-0.3, -0.25) is 4.79 Å². The maximum Gasteiger partial charge on any atom is 0.221 e. The van der Waals surface area contributed by atoms with Crippen LogP contribution in [0.3, 0.4) is 0 Å². The SMILES string of the molecule is CCCCCC[C@@H]1CCC[C@H]1N[C@@H]1CNC(=O)C1. The van der Waals surface area contributed by atoms with Gasteiger partial charge in [-0.2, -0.15) is 0 Å². The predicted octanol–water partition coefficient (Wildman–Crippen LogP) is 2.60. The summed E-state index contributed by atoms with van der Waals surface area (Å²) < 4.78 is 0. The van der Waals surface area contributed by atoms with Crippen LogP contribution in [0.25, 0.3) is 0 Å². The van der Waals surface area contributed by atoms with Gasteiger partial charge in [0.15, 0.2) is 0 Å². The van der Waals surface area contributed by atoms with E-state index in [4.69, 9.17) is 0 Å². The standard InChI is InChI=1S/C15H28N2O/c1-2-3-4-5-7-12-8-6-9-14(12)17-13-10-15(18)16-11-13/h12-14,17H,2-11H2,1H3,(H,16,18)/t12-,13+,14-/m1/s1. The topological polar surface area (TPSA) is 41.1 Å². The minimum atomic E-state index is 0.213. The number of rotatable bonds is 7. The van der Waals surface area contributed by atoms with Crippen LogP contribution in [-0.4, -0.2) is 24.5 Å². The van der Waals surface area contributed by atoms with Gasteiger partial charge in [-0.15, -0.1) is 0 Å². The molecule has 3 nitrogen and oxygen atoms in total. The average molecular weight is 252 g/mol. The highest BCUT2D eigenvalue weighted by Gasteiger charge is 2.30. The molecule has 0 radical (unpaired) electrons. The number of hydrogen-bond acceptors (Lipinski definition) is 2. The Labute approximate surface area is 111 Å². The van der Waals surface area contributed by atoms with E-state index < -0.39 is 0 Å². The van der Waals surface area contributed by atoms with Crippen molar-refractivity contribution in [2.24, 2.45) is 5.92 Å². The molecule has 1 aliphatic carbocycles. The molecule has 2 rings (SSSR count). The quantitative estimate of drug-likeness (QED) is 0.684. The number of hydrogen-bond donors (Lipinski definition) is 2. The molecule has 1 amide bonds. The first-order valence-corrected chi connectivity index (χ1v) is 7.82. The van der Waals surface area contributed by atoms with Crippen LogP contribution in [0.5, 0.6) is 0 Å². The second-order valence-corrected chi connectivity index (χ2v) is 6.02. The number of carbonyl (C=O) groups excluding carboxylic acids is 1. The van der Waals surface area contributed by atoms with E-state index in [2.05, 4.69) is 17.6 Å². The van der Waals surface area contributed by atoms with Gasteiger partial charge in [0.25, 0.3) is 0 Å². The van der Waals surface area contributed by atoms with E-state index >= 15 is 0 Å². The number of amides is 1. The zero-order valence-corrected chi connectivity index (χ0v) is 11.7. The molecule has 0 aromatic heterocycles. The fourth-order valence-corrected chi connectivity index (χ4v) is 3.46. The highest BCUT2D eigenvalue weighted by molar-refractivity contribution is 5.78. The second kappa shape index (κ2) is 7.13. The maximum atomic E-state index is 11.2. The van der Waals surface area contributed by atoms with E-state index in [1.807, 2.05) is 0 Å². The largest absolute Gasteiger partial charge is 0.354 e. The first-order valence-electron chi connectivity index (χ1n) is 7.82. The lowest BCUT2D eigenvalue weighted by Crippen LogP contribution is -2.41. The fourth-order valence-electron chi connectivity index (χ4n) is 3.46. The summed E-state index contributed by atoms with van der Waals surface area (Å²) in [6.07, 6.45) is 11.6. The van der Waals surface area contributed by atoms with Gasteiger partial charge in [-0.1, -0.05) is 39.0 Å². The number of unbranched alkanes of at least 4 members (excludes halogenated alkanes) is 3. The van der Waals surface area contributed by atoms with Crippen molar-refractivity contribution in [2.75, 3.05) is 6.54 Å². The van der Waals surface area contributed by atoms with Crippen LogP contribution in [0.4, 0.5) is 0 Å². The summed E-state index contributed by atoms with van der Waals surface area (Å²) in [6.45, 7) is 3.10. The molecule has 18 heavy (non-hydrogen) atoms. The minimum absolute atomic E-state index is 0.213. The maximum absolute atomic E-state index is 11.2. The highest BCUT2D eigenvalue weighted by Crippen LogP contribution is 2.30. The van der Waals surface area contributed by atoms with Crippen molar-refractivity contribution in [2.45, 2.75) is 76.8 Å². The summed E-state index contributed by atoms with van der Waals surface area (Å²) >= 11 is 0. The van der Waals surface area contributed by atoms with E-state index in [9.17, 15) is 4.79 Å². The van der Waals surface area contributed by atoms with Gasteiger partial charge >= 0.3 is 0 Å². The third kappa shape index (κ3) is 3.98. The lowest BCUT2D eigenvalue weighted by molar-refractivity contribution is -0.119. The molecule has 1 saturated heterocycles. The third-order valence-electron chi connectivity index (χ3n) is 4.51. The Bertz CT molecular complexity index is 267. The van der Waals surface area contributed by atoms with Gasteiger partial charge in [0.1, 0.15) is 0 Å². The van der Waals surface area contributed by atoms with Crippen LogP contribution in [0.1, 0.15) is 64.7 Å². The lowest BCUT2D eigenvalue weighted by atomic mass is 9.95. The normalized spacial score (nSPS) is 31.8. The Kier molecular flexibility index (Phi) is 5.48. The zero-order valence-electron chi connectivity index (χ0n) is 11.7. The highest BCUT2D eigenvalue weighted by atomic mass is 16.1. The van der Waals surface area contributed by atoms with Crippen molar-refractivity contribution in [3.8, 4) is 0 Å². The second-order valence-electron chi connectivity index (χ2n) is 6.02. The molecule has 0 unspecified atom stereocenters. The Morgan fingerprint density at radius 1 is 1.28 bits per heavy atom. The summed E-state index contributed by atoms with van der Waals surface area (Å²) in [5.74, 6) is 1.07. The van der Waals surface area contributed by atoms with Crippen molar-refractivity contribution in [3.63, 3.8) is 0 Å². The Morgan fingerprint density at radius 3 is 2.89 bits per heavy atom. The van der Waals surface area contributed by atoms with Crippen molar-refractivity contribution in [1.29, 1.82) is 0 Å². The molecule has 2 fully saturated rings. The molecular weight excluding hydrogens is 224 g/mol. The molecule has 0 aromatic carbocycles. The smallest absolute Gasteiger partial charge is 0.221 e. The third-order valence-corrected chi connectivity index (χ3v) is 4.51. The summed E-state index contributed by atoms with van der Waals surface area (Å²) in [6, 6.07) is 1.06. The zero-order chi connectivity index (χ0) is 12.8. The van der Waals surface area contributed by atoms with E-state index in [0.717, 1.165) is 12.5 Å². The summed E-state index contributed by atoms with van der Waals surface area (Å²) in [7, 11) is 0. The van der Waals surface area contributed by atoms with E-state index in [0.29, 0.717) is 18.5 Å². The Balaban J connectivity index is 1.68. The van der Waals surface area contributed by atoms with Crippen LogP contribution in [0, 0.1) is 5.92 Å². The van der Waals surface area contributed by atoms with Crippen molar-refractivity contribution >= 4 is 5.91 Å². The Morgan fingerprint density at radius 2 is 2.17 bits per heavy atom. The lowest BCUT2D eigenvalue weighted by Gasteiger charge is -2.24.